The lowest BCUT2D eigenvalue weighted by Crippen LogP contribution is -2.14. The Hall–Kier alpha value is -1.87. The minimum absolute atomic E-state index is 0.106. The summed E-state index contributed by atoms with van der Waals surface area (Å²) in [5.74, 6) is -0.161. The molecule has 3 heteroatoms. The van der Waals surface area contributed by atoms with E-state index in [4.69, 9.17) is 10.5 Å². The zero-order valence-corrected chi connectivity index (χ0v) is 13.0. The maximum atomic E-state index is 13.8. The molecule has 21 heavy (non-hydrogen) atoms. The van der Waals surface area contributed by atoms with Crippen molar-refractivity contribution in [2.75, 3.05) is 7.11 Å². The van der Waals surface area contributed by atoms with E-state index in [0.717, 1.165) is 11.1 Å². The van der Waals surface area contributed by atoms with Gasteiger partial charge in [-0.3, -0.25) is 0 Å². The van der Waals surface area contributed by atoms with Gasteiger partial charge in [0.15, 0.2) is 11.6 Å². The average molecular weight is 287 g/mol. The van der Waals surface area contributed by atoms with Gasteiger partial charge in [0, 0.05) is 0 Å². The number of methoxy groups -OCH3 is 1. The summed E-state index contributed by atoms with van der Waals surface area (Å²) in [5.41, 5.74) is 9.28. The second-order valence-electron chi connectivity index (χ2n) is 6.24. The van der Waals surface area contributed by atoms with Crippen LogP contribution in [0.4, 0.5) is 4.39 Å². The molecule has 0 aliphatic rings. The van der Waals surface area contributed by atoms with E-state index in [1.807, 2.05) is 12.1 Å². The van der Waals surface area contributed by atoms with Crippen LogP contribution >= 0.6 is 0 Å². The van der Waals surface area contributed by atoms with Gasteiger partial charge < -0.3 is 10.5 Å². The molecule has 0 amide bonds. The van der Waals surface area contributed by atoms with Gasteiger partial charge in [-0.1, -0.05) is 51.1 Å². The summed E-state index contributed by atoms with van der Waals surface area (Å²) < 4.78 is 18.7. The van der Waals surface area contributed by atoms with E-state index in [1.165, 1.54) is 18.7 Å². The van der Waals surface area contributed by atoms with Crippen LogP contribution in [0, 0.1) is 5.82 Å². The predicted octanol–water partition coefficient (Wildman–Crippen LogP) is 4.18. The molecular formula is C18H22FNO. The van der Waals surface area contributed by atoms with Gasteiger partial charge in [-0.25, -0.2) is 4.39 Å². The molecule has 0 saturated carbocycles. The summed E-state index contributed by atoms with van der Waals surface area (Å²) >= 11 is 0. The fourth-order valence-corrected chi connectivity index (χ4v) is 2.26. The second-order valence-corrected chi connectivity index (χ2v) is 6.24. The Balaban J connectivity index is 2.27. The van der Waals surface area contributed by atoms with Gasteiger partial charge in [-0.05, 0) is 34.2 Å². The molecule has 0 heterocycles. The fourth-order valence-electron chi connectivity index (χ4n) is 2.26. The Morgan fingerprint density at radius 3 is 2.05 bits per heavy atom. The molecule has 1 unspecified atom stereocenters. The molecule has 0 bridgehead atoms. The molecule has 1 atom stereocenters. The predicted molar refractivity (Wildman–Crippen MR) is 84.1 cm³/mol. The topological polar surface area (TPSA) is 35.2 Å². The zero-order valence-electron chi connectivity index (χ0n) is 13.0. The standard InChI is InChI=1S/C18H22FNO/c1-18(2,3)14-8-5-12(6-9-14)17(20)13-7-10-16(21-4)15(19)11-13/h5-11,17H,20H2,1-4H3. The summed E-state index contributed by atoms with van der Waals surface area (Å²) in [5, 5.41) is 0. The van der Waals surface area contributed by atoms with E-state index >= 15 is 0 Å². The Morgan fingerprint density at radius 1 is 1.00 bits per heavy atom. The molecular weight excluding hydrogens is 265 g/mol. The van der Waals surface area contributed by atoms with Crippen LogP contribution in [-0.2, 0) is 5.41 Å². The van der Waals surface area contributed by atoms with Crippen LogP contribution in [0.2, 0.25) is 0 Å². The third kappa shape index (κ3) is 3.42. The zero-order chi connectivity index (χ0) is 15.6. The SMILES string of the molecule is COc1ccc(C(N)c2ccc(C(C)(C)C)cc2)cc1F. The van der Waals surface area contributed by atoms with Crippen LogP contribution < -0.4 is 10.5 Å². The molecule has 2 aromatic rings. The smallest absolute Gasteiger partial charge is 0.165 e. The van der Waals surface area contributed by atoms with Crippen molar-refractivity contribution in [2.45, 2.75) is 32.2 Å². The lowest BCUT2D eigenvalue weighted by molar-refractivity contribution is 0.386. The van der Waals surface area contributed by atoms with Crippen molar-refractivity contribution in [3.8, 4) is 5.75 Å². The number of hydrogen-bond donors (Lipinski definition) is 1. The number of benzene rings is 2. The van der Waals surface area contributed by atoms with Crippen molar-refractivity contribution in [3.05, 3.63) is 65.0 Å². The molecule has 0 saturated heterocycles. The lowest BCUT2D eigenvalue weighted by atomic mass is 9.86. The molecule has 0 aliphatic heterocycles. The third-order valence-corrected chi connectivity index (χ3v) is 3.67. The van der Waals surface area contributed by atoms with Crippen LogP contribution in [-0.4, -0.2) is 7.11 Å². The molecule has 0 fully saturated rings. The minimum Gasteiger partial charge on any atom is -0.494 e. The monoisotopic (exact) mass is 287 g/mol. The Kier molecular flexibility index (Phi) is 4.33. The first-order chi connectivity index (χ1) is 9.82. The maximum absolute atomic E-state index is 13.8. The van der Waals surface area contributed by atoms with Gasteiger partial charge in [0.1, 0.15) is 0 Å². The third-order valence-electron chi connectivity index (χ3n) is 3.67. The second kappa shape index (κ2) is 5.86. The van der Waals surface area contributed by atoms with Crippen molar-refractivity contribution in [1.29, 1.82) is 0 Å². The van der Waals surface area contributed by atoms with E-state index in [9.17, 15) is 4.39 Å². The van der Waals surface area contributed by atoms with Crippen molar-refractivity contribution >= 4 is 0 Å². The highest BCUT2D eigenvalue weighted by atomic mass is 19.1. The highest BCUT2D eigenvalue weighted by Crippen LogP contribution is 2.27. The average Bonchev–Trinajstić information content (AvgIpc) is 2.45. The summed E-state index contributed by atoms with van der Waals surface area (Å²) in [7, 11) is 1.45. The number of nitrogens with two attached hydrogens (primary N) is 1. The number of rotatable bonds is 3. The van der Waals surface area contributed by atoms with Gasteiger partial charge in [-0.2, -0.15) is 0 Å². The van der Waals surface area contributed by atoms with Crippen LogP contribution in [0.1, 0.15) is 43.5 Å². The summed E-state index contributed by atoms with van der Waals surface area (Å²) in [6, 6.07) is 12.7. The lowest BCUT2D eigenvalue weighted by Gasteiger charge is -2.20. The molecule has 0 spiro atoms. The van der Waals surface area contributed by atoms with Crippen molar-refractivity contribution < 1.29 is 9.13 Å². The van der Waals surface area contributed by atoms with Crippen molar-refractivity contribution in [1.82, 2.24) is 0 Å². The largest absolute Gasteiger partial charge is 0.494 e. The van der Waals surface area contributed by atoms with Gasteiger partial charge in [-0.15, -0.1) is 0 Å². The number of halogens is 1. The maximum Gasteiger partial charge on any atom is 0.165 e. The van der Waals surface area contributed by atoms with Gasteiger partial charge in [0.2, 0.25) is 0 Å². The highest BCUT2D eigenvalue weighted by Gasteiger charge is 2.15. The first kappa shape index (κ1) is 15.5. The Labute approximate surface area is 125 Å². The molecule has 2 nitrogen and oxygen atoms in total. The minimum atomic E-state index is -0.392. The molecule has 0 aromatic heterocycles. The quantitative estimate of drug-likeness (QED) is 0.919. The first-order valence-corrected chi connectivity index (χ1v) is 7.02. The van der Waals surface area contributed by atoms with Gasteiger partial charge in [0.05, 0.1) is 13.2 Å². The molecule has 2 aromatic carbocycles. The van der Waals surface area contributed by atoms with Crippen LogP contribution in [0.25, 0.3) is 0 Å². The fraction of sp³-hybridized carbons (Fsp3) is 0.333. The molecule has 0 aliphatic carbocycles. The Morgan fingerprint density at radius 2 is 1.57 bits per heavy atom. The van der Waals surface area contributed by atoms with Crippen LogP contribution in [0.3, 0.4) is 0 Å². The summed E-state index contributed by atoms with van der Waals surface area (Å²) in [6.45, 7) is 6.50. The van der Waals surface area contributed by atoms with E-state index in [2.05, 4.69) is 32.9 Å². The molecule has 2 rings (SSSR count). The first-order valence-electron chi connectivity index (χ1n) is 7.02. The number of hydrogen-bond acceptors (Lipinski definition) is 2. The number of ether oxygens (including phenoxy) is 1. The van der Waals surface area contributed by atoms with Crippen LogP contribution in [0.5, 0.6) is 5.75 Å². The molecule has 0 radical (unpaired) electrons. The summed E-state index contributed by atoms with van der Waals surface area (Å²) in [4.78, 5) is 0. The highest BCUT2D eigenvalue weighted by molar-refractivity contribution is 5.38. The van der Waals surface area contributed by atoms with Crippen molar-refractivity contribution in [3.63, 3.8) is 0 Å². The van der Waals surface area contributed by atoms with Gasteiger partial charge >= 0.3 is 0 Å². The van der Waals surface area contributed by atoms with E-state index < -0.39 is 5.82 Å². The molecule has 112 valence electrons. The van der Waals surface area contributed by atoms with E-state index in [1.54, 1.807) is 12.1 Å². The van der Waals surface area contributed by atoms with E-state index in [-0.39, 0.29) is 17.2 Å². The normalized spacial score (nSPS) is 13.0. The van der Waals surface area contributed by atoms with Gasteiger partial charge in [0.25, 0.3) is 0 Å². The van der Waals surface area contributed by atoms with Crippen molar-refractivity contribution in [2.24, 2.45) is 5.73 Å². The Bertz CT molecular complexity index is 614. The molecule has 2 N–H and O–H groups in total. The van der Waals surface area contributed by atoms with E-state index in [0.29, 0.717) is 0 Å². The summed E-state index contributed by atoms with van der Waals surface area (Å²) in [6.07, 6.45) is 0. The van der Waals surface area contributed by atoms with Crippen LogP contribution in [0.15, 0.2) is 42.5 Å².